The van der Waals surface area contributed by atoms with E-state index in [2.05, 4.69) is 20.4 Å². The largest absolute Gasteiger partial charge is 0.379 e. The summed E-state index contributed by atoms with van der Waals surface area (Å²) in [6, 6.07) is 5.68. The van der Waals surface area contributed by atoms with Crippen LogP contribution in [0.3, 0.4) is 0 Å². The van der Waals surface area contributed by atoms with E-state index < -0.39 is 5.60 Å². The van der Waals surface area contributed by atoms with Crippen molar-refractivity contribution in [3.05, 3.63) is 41.8 Å². The monoisotopic (exact) mass is 246 g/mol. The van der Waals surface area contributed by atoms with Gasteiger partial charge in [-0.3, -0.25) is 4.98 Å². The van der Waals surface area contributed by atoms with Gasteiger partial charge in [-0.05, 0) is 25.1 Å². The quantitative estimate of drug-likeness (QED) is 0.807. The summed E-state index contributed by atoms with van der Waals surface area (Å²) in [5.74, 6) is 0.836. The van der Waals surface area contributed by atoms with Gasteiger partial charge in [-0.15, -0.1) is 0 Å². The Morgan fingerprint density at radius 3 is 3.11 bits per heavy atom. The lowest BCUT2D eigenvalue weighted by Crippen LogP contribution is -2.28. The molecule has 0 spiro atoms. The predicted octanol–water partition coefficient (Wildman–Crippen LogP) is 0.236. The molecular formula is C12H14N4O2. The van der Waals surface area contributed by atoms with Crippen LogP contribution in [0.1, 0.15) is 23.8 Å². The average Bonchev–Trinajstić information content (AvgIpc) is 3.01. The second kappa shape index (κ2) is 4.47. The smallest absolute Gasteiger partial charge is 0.259 e. The zero-order valence-corrected chi connectivity index (χ0v) is 9.83. The number of nitrogens with one attached hydrogen (secondary N) is 1. The molecule has 2 N–H and O–H groups in total. The Kier molecular flexibility index (Phi) is 2.81. The van der Waals surface area contributed by atoms with Crippen LogP contribution in [0.4, 0.5) is 0 Å². The number of aromatic nitrogens is 3. The van der Waals surface area contributed by atoms with E-state index in [1.807, 2.05) is 18.2 Å². The number of β-amino-alcohol motifs (C(OH)–C–C–N with tert-alkyl or cyclic N) is 1. The van der Waals surface area contributed by atoms with Crippen LogP contribution in [0, 0.1) is 0 Å². The molecule has 1 saturated heterocycles. The Morgan fingerprint density at radius 2 is 2.39 bits per heavy atom. The lowest BCUT2D eigenvalue weighted by molar-refractivity contribution is 0.0243. The van der Waals surface area contributed by atoms with Gasteiger partial charge in [0.1, 0.15) is 0 Å². The van der Waals surface area contributed by atoms with Crippen LogP contribution >= 0.6 is 0 Å². The van der Waals surface area contributed by atoms with Crippen LogP contribution in [-0.2, 0) is 12.0 Å². The third-order valence-corrected chi connectivity index (χ3v) is 3.06. The highest BCUT2D eigenvalue weighted by Gasteiger charge is 2.38. The number of hydrogen-bond donors (Lipinski definition) is 2. The summed E-state index contributed by atoms with van der Waals surface area (Å²) in [7, 11) is 0. The first-order valence-electron chi connectivity index (χ1n) is 5.92. The molecule has 3 heterocycles. The van der Waals surface area contributed by atoms with E-state index in [0.717, 1.165) is 12.2 Å². The fourth-order valence-corrected chi connectivity index (χ4v) is 2.04. The lowest BCUT2D eigenvalue weighted by Gasteiger charge is -2.14. The summed E-state index contributed by atoms with van der Waals surface area (Å²) >= 11 is 0. The van der Waals surface area contributed by atoms with Crippen molar-refractivity contribution < 1.29 is 9.63 Å². The molecule has 1 fully saturated rings. The summed E-state index contributed by atoms with van der Waals surface area (Å²) in [5.41, 5.74) is -0.142. The van der Waals surface area contributed by atoms with Crippen molar-refractivity contribution >= 4 is 0 Å². The van der Waals surface area contributed by atoms with E-state index in [4.69, 9.17) is 4.52 Å². The van der Waals surface area contributed by atoms with Crippen LogP contribution < -0.4 is 5.32 Å². The van der Waals surface area contributed by atoms with Gasteiger partial charge >= 0.3 is 0 Å². The SMILES string of the molecule is OC1(c2nc(Cc3ccccn3)no2)CCNC1. The molecule has 3 rings (SSSR count). The van der Waals surface area contributed by atoms with Gasteiger partial charge in [-0.25, -0.2) is 0 Å². The number of nitrogens with zero attached hydrogens (tertiary/aromatic N) is 3. The minimum atomic E-state index is -1.02. The molecule has 6 heteroatoms. The second-order valence-corrected chi connectivity index (χ2v) is 4.47. The fourth-order valence-electron chi connectivity index (χ4n) is 2.04. The molecule has 1 aliphatic rings. The maximum atomic E-state index is 10.3. The summed E-state index contributed by atoms with van der Waals surface area (Å²) in [4.78, 5) is 8.45. The first-order valence-corrected chi connectivity index (χ1v) is 5.92. The van der Waals surface area contributed by atoms with Crippen LogP contribution in [-0.4, -0.2) is 33.3 Å². The fraction of sp³-hybridized carbons (Fsp3) is 0.417. The molecular weight excluding hydrogens is 232 g/mol. The minimum Gasteiger partial charge on any atom is -0.379 e. The molecule has 0 aromatic carbocycles. The molecule has 0 aliphatic carbocycles. The van der Waals surface area contributed by atoms with Crippen molar-refractivity contribution in [1.29, 1.82) is 0 Å². The number of hydrogen-bond acceptors (Lipinski definition) is 6. The van der Waals surface area contributed by atoms with Crippen molar-refractivity contribution in [1.82, 2.24) is 20.4 Å². The van der Waals surface area contributed by atoms with Crippen LogP contribution in [0.2, 0.25) is 0 Å². The summed E-state index contributed by atoms with van der Waals surface area (Å²) < 4.78 is 5.14. The van der Waals surface area contributed by atoms with Crippen LogP contribution in [0.15, 0.2) is 28.9 Å². The molecule has 6 nitrogen and oxygen atoms in total. The van der Waals surface area contributed by atoms with Crippen LogP contribution in [0.25, 0.3) is 0 Å². The Labute approximate surface area is 104 Å². The maximum Gasteiger partial charge on any atom is 0.259 e. The first-order chi connectivity index (χ1) is 8.76. The Bertz CT molecular complexity index is 520. The average molecular weight is 246 g/mol. The maximum absolute atomic E-state index is 10.3. The Hall–Kier alpha value is -1.79. The van der Waals surface area contributed by atoms with Gasteiger partial charge in [-0.1, -0.05) is 11.2 Å². The van der Waals surface area contributed by atoms with E-state index in [0.29, 0.717) is 31.1 Å². The van der Waals surface area contributed by atoms with E-state index >= 15 is 0 Å². The van der Waals surface area contributed by atoms with Crippen molar-refractivity contribution in [3.8, 4) is 0 Å². The van der Waals surface area contributed by atoms with Crippen molar-refractivity contribution in [3.63, 3.8) is 0 Å². The molecule has 1 unspecified atom stereocenters. The Balaban J connectivity index is 1.78. The summed E-state index contributed by atoms with van der Waals surface area (Å²) in [6.45, 7) is 1.21. The van der Waals surface area contributed by atoms with Gasteiger partial charge in [-0.2, -0.15) is 4.98 Å². The van der Waals surface area contributed by atoms with Crippen LogP contribution in [0.5, 0.6) is 0 Å². The van der Waals surface area contributed by atoms with Crippen molar-refractivity contribution in [2.75, 3.05) is 13.1 Å². The molecule has 2 aromatic rings. The third kappa shape index (κ3) is 2.12. The normalized spacial score (nSPS) is 23.4. The number of rotatable bonds is 3. The van der Waals surface area contributed by atoms with Crippen molar-refractivity contribution in [2.45, 2.75) is 18.4 Å². The standard InChI is InChI=1S/C12H14N4O2/c17-12(4-6-13-8-12)11-15-10(16-18-11)7-9-3-1-2-5-14-9/h1-3,5,13,17H,4,6-8H2. The third-order valence-electron chi connectivity index (χ3n) is 3.06. The van der Waals surface area contributed by atoms with Gasteiger partial charge in [0.2, 0.25) is 0 Å². The van der Waals surface area contributed by atoms with E-state index in [9.17, 15) is 5.11 Å². The molecule has 2 aromatic heterocycles. The summed E-state index contributed by atoms with van der Waals surface area (Å²) in [6.07, 6.45) is 2.83. The van der Waals surface area contributed by atoms with Crippen molar-refractivity contribution in [2.24, 2.45) is 0 Å². The first kappa shape index (κ1) is 11.3. The molecule has 1 atom stereocenters. The predicted molar refractivity (Wildman–Crippen MR) is 62.7 cm³/mol. The highest BCUT2D eigenvalue weighted by Crippen LogP contribution is 2.26. The topological polar surface area (TPSA) is 84.1 Å². The number of pyridine rings is 1. The molecule has 1 aliphatic heterocycles. The molecule has 0 radical (unpaired) electrons. The molecule has 94 valence electrons. The summed E-state index contributed by atoms with van der Waals surface area (Å²) in [5, 5.41) is 17.2. The van der Waals surface area contributed by atoms with Gasteiger partial charge in [0.15, 0.2) is 11.4 Å². The lowest BCUT2D eigenvalue weighted by atomic mass is 10.0. The molecule has 0 saturated carbocycles. The van der Waals surface area contributed by atoms with Gasteiger partial charge in [0, 0.05) is 18.4 Å². The minimum absolute atomic E-state index is 0.290. The van der Waals surface area contributed by atoms with E-state index in [1.54, 1.807) is 6.20 Å². The number of aliphatic hydroxyl groups is 1. The van der Waals surface area contributed by atoms with Gasteiger partial charge in [0.05, 0.1) is 6.42 Å². The zero-order valence-electron chi connectivity index (χ0n) is 9.83. The van der Waals surface area contributed by atoms with Gasteiger partial charge < -0.3 is 14.9 Å². The Morgan fingerprint density at radius 1 is 1.44 bits per heavy atom. The van der Waals surface area contributed by atoms with Gasteiger partial charge in [0.25, 0.3) is 5.89 Å². The molecule has 0 bridgehead atoms. The highest BCUT2D eigenvalue weighted by molar-refractivity contribution is 5.11. The van der Waals surface area contributed by atoms with E-state index in [1.165, 1.54) is 0 Å². The molecule has 0 amide bonds. The molecule has 18 heavy (non-hydrogen) atoms. The zero-order chi connectivity index (χ0) is 12.4. The second-order valence-electron chi connectivity index (χ2n) is 4.47. The highest BCUT2D eigenvalue weighted by atomic mass is 16.5. The van der Waals surface area contributed by atoms with E-state index in [-0.39, 0.29) is 0 Å².